The third kappa shape index (κ3) is 13.0. The lowest BCUT2D eigenvalue weighted by atomic mass is 9.95. The first-order chi connectivity index (χ1) is 27.1. The van der Waals surface area contributed by atoms with E-state index < -0.39 is 11.9 Å². The molecule has 2 aliphatic carbocycles. The van der Waals surface area contributed by atoms with E-state index in [0.29, 0.717) is 37.2 Å². The van der Waals surface area contributed by atoms with Gasteiger partial charge in [-0.1, -0.05) is 52.4 Å². The number of nitrogens with one attached hydrogen (secondary N) is 2. The minimum absolute atomic E-state index is 0.0167. The predicted octanol–water partition coefficient (Wildman–Crippen LogP) is 7.89. The van der Waals surface area contributed by atoms with Crippen LogP contribution >= 0.6 is 23.5 Å². The fourth-order valence-corrected chi connectivity index (χ4v) is 9.80. The van der Waals surface area contributed by atoms with Gasteiger partial charge in [-0.2, -0.15) is 0 Å². The van der Waals surface area contributed by atoms with Crippen molar-refractivity contribution in [1.29, 1.82) is 0 Å². The summed E-state index contributed by atoms with van der Waals surface area (Å²) in [4.78, 5) is 61.8. The Balaban J connectivity index is 0.000000215. The fraction of sp³-hybridized carbons (Fsp3) is 0.667. The summed E-state index contributed by atoms with van der Waals surface area (Å²) < 4.78 is 0. The SMILES string of the molecule is CCCSc1nc(N2CCC(C(=O)O)C2)ccc1C(=O)NC1CCCCC1.CCCSc1nc(N2CCC[C@@H](CC(=O)O)C2)ccc1C(=O)NC1CCCCC1. The van der Waals surface area contributed by atoms with Crippen LogP contribution in [-0.2, 0) is 9.59 Å². The summed E-state index contributed by atoms with van der Waals surface area (Å²) in [6, 6.07) is 8.08. The topological polar surface area (TPSA) is 165 Å². The van der Waals surface area contributed by atoms with Gasteiger partial charge in [0.15, 0.2) is 0 Å². The number of carboxylic acid groups (broad SMARTS) is 2. The molecule has 4 fully saturated rings. The molecular formula is C42H62N6O6S2. The first-order valence-electron chi connectivity index (χ1n) is 21.0. The van der Waals surface area contributed by atoms with E-state index in [1.54, 1.807) is 23.5 Å². The predicted molar refractivity (Wildman–Crippen MR) is 224 cm³/mol. The molecule has 308 valence electrons. The molecule has 4 heterocycles. The Labute approximate surface area is 341 Å². The van der Waals surface area contributed by atoms with Crippen LogP contribution in [0.3, 0.4) is 0 Å². The van der Waals surface area contributed by atoms with Gasteiger partial charge in [0.2, 0.25) is 0 Å². The molecule has 56 heavy (non-hydrogen) atoms. The van der Waals surface area contributed by atoms with Crippen molar-refractivity contribution >= 4 is 58.9 Å². The number of pyridine rings is 2. The Morgan fingerprint density at radius 3 is 1.61 bits per heavy atom. The van der Waals surface area contributed by atoms with Crippen molar-refractivity contribution in [2.24, 2.45) is 11.8 Å². The van der Waals surface area contributed by atoms with Gasteiger partial charge in [0, 0.05) is 44.7 Å². The number of hydrogen-bond acceptors (Lipinski definition) is 10. The van der Waals surface area contributed by atoms with Gasteiger partial charge in [-0.15, -0.1) is 23.5 Å². The van der Waals surface area contributed by atoms with E-state index in [1.807, 2.05) is 29.2 Å². The van der Waals surface area contributed by atoms with E-state index in [4.69, 9.17) is 15.1 Å². The van der Waals surface area contributed by atoms with Crippen molar-refractivity contribution in [3.05, 3.63) is 35.4 Å². The minimum atomic E-state index is -0.749. The summed E-state index contributed by atoms with van der Waals surface area (Å²) in [7, 11) is 0. The molecule has 2 saturated heterocycles. The number of rotatable bonds is 15. The molecule has 4 aliphatic rings. The maximum Gasteiger partial charge on any atom is 0.308 e. The number of aromatic nitrogens is 2. The Morgan fingerprint density at radius 2 is 1.16 bits per heavy atom. The quantitative estimate of drug-likeness (QED) is 0.129. The van der Waals surface area contributed by atoms with Gasteiger partial charge in [-0.05, 0) is 99.5 Å². The number of hydrogen-bond donors (Lipinski definition) is 4. The molecule has 0 radical (unpaired) electrons. The molecule has 2 aromatic heterocycles. The first kappa shape index (κ1) is 43.6. The molecule has 4 N–H and O–H groups in total. The van der Waals surface area contributed by atoms with Gasteiger partial charge < -0.3 is 30.6 Å². The van der Waals surface area contributed by atoms with E-state index in [-0.39, 0.29) is 42.2 Å². The number of nitrogens with zero attached hydrogens (tertiary/aromatic N) is 4. The minimum Gasteiger partial charge on any atom is -0.481 e. The van der Waals surface area contributed by atoms with Crippen molar-refractivity contribution in [3.63, 3.8) is 0 Å². The largest absolute Gasteiger partial charge is 0.481 e. The van der Waals surface area contributed by atoms with Crippen LogP contribution in [0, 0.1) is 11.8 Å². The van der Waals surface area contributed by atoms with E-state index in [0.717, 1.165) is 91.1 Å². The number of carbonyl (C=O) groups is 4. The van der Waals surface area contributed by atoms with Gasteiger partial charge in [0.25, 0.3) is 11.8 Å². The normalized spacial score (nSPS) is 20.5. The monoisotopic (exact) mass is 810 g/mol. The van der Waals surface area contributed by atoms with Gasteiger partial charge in [0.05, 0.1) is 17.0 Å². The average molecular weight is 811 g/mol. The summed E-state index contributed by atoms with van der Waals surface area (Å²) in [5.74, 6) is 1.72. The van der Waals surface area contributed by atoms with Crippen molar-refractivity contribution in [2.75, 3.05) is 47.5 Å². The Kier molecular flexibility index (Phi) is 17.5. The van der Waals surface area contributed by atoms with E-state index in [1.165, 1.54) is 38.5 Å². The van der Waals surface area contributed by atoms with E-state index >= 15 is 0 Å². The molecule has 2 amide bonds. The van der Waals surface area contributed by atoms with Crippen LogP contribution in [0.2, 0.25) is 0 Å². The van der Waals surface area contributed by atoms with Crippen molar-refractivity contribution < 1.29 is 29.4 Å². The molecule has 14 heteroatoms. The summed E-state index contributed by atoms with van der Waals surface area (Å²) in [5.41, 5.74) is 1.30. The highest BCUT2D eigenvalue weighted by atomic mass is 32.2. The first-order valence-corrected chi connectivity index (χ1v) is 23.0. The van der Waals surface area contributed by atoms with Crippen LogP contribution in [0.4, 0.5) is 11.6 Å². The highest BCUT2D eigenvalue weighted by Gasteiger charge is 2.30. The molecule has 0 aromatic carbocycles. The third-order valence-corrected chi connectivity index (χ3v) is 13.5. The van der Waals surface area contributed by atoms with Crippen LogP contribution in [0.25, 0.3) is 0 Å². The Morgan fingerprint density at radius 1 is 0.661 bits per heavy atom. The van der Waals surface area contributed by atoms with Crippen LogP contribution in [0.5, 0.6) is 0 Å². The van der Waals surface area contributed by atoms with Crippen molar-refractivity contribution in [3.8, 4) is 0 Å². The standard InChI is InChI=1S/C22H33N3O3S.C20H29N3O3S/c1-2-13-29-22-18(21(28)23-17-8-4-3-5-9-17)10-11-19(24-22)25-12-6-7-16(15-25)14-20(26)27;1-2-12-27-19-16(18(24)21-15-6-4-3-5-7-15)8-9-17(22-19)23-11-10-14(13-23)20(25)26/h10-11,16-17H,2-9,12-15H2,1H3,(H,23,28)(H,26,27);8-9,14-15H,2-7,10-13H2,1H3,(H,21,24)(H,25,26)/t16-;/m0./s1. The Bertz CT molecular complexity index is 1620. The molecule has 1 unspecified atom stereocenters. The molecule has 2 saturated carbocycles. The second-order valence-electron chi connectivity index (χ2n) is 15.7. The van der Waals surface area contributed by atoms with Gasteiger partial charge in [-0.25, -0.2) is 9.97 Å². The second-order valence-corrected chi connectivity index (χ2v) is 17.8. The van der Waals surface area contributed by atoms with Crippen molar-refractivity contribution in [2.45, 2.75) is 139 Å². The van der Waals surface area contributed by atoms with Crippen LogP contribution in [0.15, 0.2) is 34.3 Å². The van der Waals surface area contributed by atoms with Gasteiger partial charge in [0.1, 0.15) is 21.7 Å². The maximum atomic E-state index is 12.9. The Hall–Kier alpha value is -3.52. The molecular weight excluding hydrogens is 749 g/mol. The number of amides is 2. The summed E-state index contributed by atoms with van der Waals surface area (Å²) in [6.45, 7) is 7.00. The number of carbonyl (C=O) groups excluding carboxylic acids is 2. The smallest absolute Gasteiger partial charge is 0.308 e. The molecule has 0 spiro atoms. The number of anilines is 2. The molecule has 12 nitrogen and oxygen atoms in total. The molecule has 6 rings (SSSR count). The zero-order valence-corrected chi connectivity index (χ0v) is 34.9. The third-order valence-electron chi connectivity index (χ3n) is 11.1. The van der Waals surface area contributed by atoms with E-state index in [2.05, 4.69) is 29.4 Å². The summed E-state index contributed by atoms with van der Waals surface area (Å²) >= 11 is 3.24. The van der Waals surface area contributed by atoms with Crippen molar-refractivity contribution in [1.82, 2.24) is 20.6 Å². The van der Waals surface area contributed by atoms with Gasteiger partial charge >= 0.3 is 11.9 Å². The highest BCUT2D eigenvalue weighted by Crippen LogP contribution is 2.31. The number of piperidine rings is 1. The molecule has 2 aliphatic heterocycles. The van der Waals surface area contributed by atoms with Gasteiger partial charge in [-0.3, -0.25) is 19.2 Å². The zero-order valence-electron chi connectivity index (χ0n) is 33.3. The fourth-order valence-electron chi connectivity index (χ4n) is 8.05. The summed E-state index contributed by atoms with van der Waals surface area (Å²) in [6.07, 6.45) is 16.3. The van der Waals surface area contributed by atoms with Crippen LogP contribution < -0.4 is 20.4 Å². The average Bonchev–Trinajstić information content (AvgIpc) is 3.71. The number of thioether (sulfide) groups is 2. The number of aliphatic carboxylic acids is 2. The van der Waals surface area contributed by atoms with E-state index in [9.17, 15) is 24.3 Å². The maximum absolute atomic E-state index is 12.9. The highest BCUT2D eigenvalue weighted by molar-refractivity contribution is 7.99. The van der Waals surface area contributed by atoms with Crippen LogP contribution in [-0.4, -0.2) is 93.7 Å². The summed E-state index contributed by atoms with van der Waals surface area (Å²) in [5, 5.41) is 26.3. The number of carboxylic acids is 2. The lowest BCUT2D eigenvalue weighted by Crippen LogP contribution is -2.38. The zero-order chi connectivity index (χ0) is 39.9. The lowest BCUT2D eigenvalue weighted by molar-refractivity contribution is -0.141. The van der Waals surface area contributed by atoms with Crippen LogP contribution in [0.1, 0.15) is 137 Å². The lowest BCUT2D eigenvalue weighted by Gasteiger charge is -2.33. The molecule has 2 atom stereocenters. The molecule has 2 aromatic rings. The molecule has 0 bridgehead atoms. The second kappa shape index (κ2) is 22.4.